The van der Waals surface area contributed by atoms with Crippen LogP contribution in [0.15, 0.2) is 24.3 Å². The van der Waals surface area contributed by atoms with Gasteiger partial charge >= 0.3 is 0 Å². The third-order valence-electron chi connectivity index (χ3n) is 3.27. The second-order valence-corrected chi connectivity index (χ2v) is 4.61. The minimum absolute atomic E-state index is 0.507. The molecule has 1 aromatic heterocycles. The summed E-state index contributed by atoms with van der Waals surface area (Å²) in [5, 5.41) is 11.8. The van der Waals surface area contributed by atoms with Gasteiger partial charge in [-0.25, -0.2) is 4.98 Å². The minimum atomic E-state index is 0.507. The number of hydrogen-bond donors (Lipinski definition) is 1. The number of benzene rings is 1. The zero-order valence-electron chi connectivity index (χ0n) is 10.5. The molecule has 1 N–H and O–H groups in total. The van der Waals surface area contributed by atoms with Crippen molar-refractivity contribution in [2.75, 3.05) is 24.5 Å². The third kappa shape index (κ3) is 2.01. The highest BCUT2D eigenvalue weighted by atomic mass is 15.4. The monoisotopic (exact) mass is 243 g/mol. The summed E-state index contributed by atoms with van der Waals surface area (Å²) in [5.41, 5.74) is 1.76. The van der Waals surface area contributed by atoms with E-state index in [0.717, 1.165) is 43.0 Å². The van der Waals surface area contributed by atoms with Crippen LogP contribution in [-0.4, -0.2) is 40.9 Å². The van der Waals surface area contributed by atoms with E-state index in [9.17, 15) is 0 Å². The largest absolute Gasteiger partial charge is 0.334 e. The van der Waals surface area contributed by atoms with Crippen molar-refractivity contribution in [3.05, 3.63) is 24.3 Å². The molecule has 5 heteroatoms. The molecule has 1 aliphatic heterocycles. The number of aromatic nitrogens is 3. The van der Waals surface area contributed by atoms with Crippen LogP contribution in [-0.2, 0) is 0 Å². The molecule has 2 aromatic rings. The summed E-state index contributed by atoms with van der Waals surface area (Å²) in [5.74, 6) is 0.752. The molecule has 1 aromatic carbocycles. The molecule has 1 saturated heterocycles. The third-order valence-corrected chi connectivity index (χ3v) is 3.27. The Bertz CT molecular complexity index is 538. The Morgan fingerprint density at radius 1 is 1.22 bits per heavy atom. The number of nitrogens with one attached hydrogen (secondary N) is 1. The summed E-state index contributed by atoms with van der Waals surface area (Å²) < 4.78 is 0. The minimum Gasteiger partial charge on any atom is -0.334 e. The Morgan fingerprint density at radius 3 is 2.67 bits per heavy atom. The smallest absolute Gasteiger partial charge is 0.246 e. The summed E-state index contributed by atoms with van der Waals surface area (Å²) in [4.78, 5) is 6.88. The van der Waals surface area contributed by atoms with E-state index in [0.29, 0.717) is 6.04 Å². The summed E-state index contributed by atoms with van der Waals surface area (Å²) in [6.07, 6.45) is 1.09. The van der Waals surface area contributed by atoms with Crippen LogP contribution >= 0.6 is 0 Å². The van der Waals surface area contributed by atoms with Gasteiger partial charge < -0.3 is 10.2 Å². The molecule has 0 bridgehead atoms. The van der Waals surface area contributed by atoms with Gasteiger partial charge in [-0.3, -0.25) is 0 Å². The summed E-state index contributed by atoms with van der Waals surface area (Å²) in [6.45, 7) is 5.17. The van der Waals surface area contributed by atoms with E-state index in [1.165, 1.54) is 0 Å². The zero-order chi connectivity index (χ0) is 12.4. The molecule has 3 rings (SSSR count). The predicted molar refractivity (Wildman–Crippen MR) is 71.6 cm³/mol. The Kier molecular flexibility index (Phi) is 3.06. The predicted octanol–water partition coefficient (Wildman–Crippen LogP) is 1.21. The Hall–Kier alpha value is -1.75. The number of nitrogens with zero attached hydrogens (tertiary/aromatic N) is 4. The molecule has 18 heavy (non-hydrogen) atoms. The SMILES string of the molecule is CCCN(c1nnc2ccccc2n1)C1CNC1. The van der Waals surface area contributed by atoms with Gasteiger partial charge in [0.25, 0.3) is 0 Å². The highest BCUT2D eigenvalue weighted by Gasteiger charge is 2.26. The first-order valence-electron chi connectivity index (χ1n) is 6.45. The molecule has 0 aliphatic carbocycles. The van der Waals surface area contributed by atoms with Gasteiger partial charge in [-0.15, -0.1) is 10.2 Å². The van der Waals surface area contributed by atoms with Gasteiger partial charge in [-0.2, -0.15) is 0 Å². The maximum Gasteiger partial charge on any atom is 0.246 e. The van der Waals surface area contributed by atoms with Crippen LogP contribution in [0.2, 0.25) is 0 Å². The average molecular weight is 243 g/mol. The molecule has 0 atom stereocenters. The van der Waals surface area contributed by atoms with Crippen molar-refractivity contribution in [3.63, 3.8) is 0 Å². The number of hydrogen-bond acceptors (Lipinski definition) is 5. The van der Waals surface area contributed by atoms with E-state index in [1.807, 2.05) is 24.3 Å². The fraction of sp³-hybridized carbons (Fsp3) is 0.462. The van der Waals surface area contributed by atoms with E-state index in [1.54, 1.807) is 0 Å². The summed E-state index contributed by atoms with van der Waals surface area (Å²) in [6, 6.07) is 8.37. The maximum absolute atomic E-state index is 4.62. The van der Waals surface area contributed by atoms with E-state index in [2.05, 4.69) is 32.3 Å². The van der Waals surface area contributed by atoms with Crippen LogP contribution in [0.1, 0.15) is 13.3 Å². The molecular formula is C13H17N5. The quantitative estimate of drug-likeness (QED) is 0.875. The lowest BCUT2D eigenvalue weighted by Crippen LogP contribution is -2.58. The number of anilines is 1. The molecule has 0 saturated carbocycles. The summed E-state index contributed by atoms with van der Waals surface area (Å²) in [7, 11) is 0. The lowest BCUT2D eigenvalue weighted by Gasteiger charge is -2.37. The second-order valence-electron chi connectivity index (χ2n) is 4.61. The molecule has 5 nitrogen and oxygen atoms in total. The van der Waals surface area contributed by atoms with Crippen molar-refractivity contribution in [3.8, 4) is 0 Å². The van der Waals surface area contributed by atoms with Gasteiger partial charge in [0.1, 0.15) is 5.52 Å². The Balaban J connectivity index is 1.95. The highest BCUT2D eigenvalue weighted by molar-refractivity contribution is 5.74. The number of rotatable bonds is 4. The lowest BCUT2D eigenvalue weighted by molar-refractivity contribution is 0.407. The molecule has 94 valence electrons. The van der Waals surface area contributed by atoms with Crippen molar-refractivity contribution in [1.82, 2.24) is 20.5 Å². The first kappa shape index (κ1) is 11.3. The van der Waals surface area contributed by atoms with Gasteiger partial charge in [0.2, 0.25) is 5.95 Å². The number of para-hydroxylation sites is 1. The highest BCUT2D eigenvalue weighted by Crippen LogP contribution is 2.16. The van der Waals surface area contributed by atoms with Crippen molar-refractivity contribution in [2.45, 2.75) is 19.4 Å². The molecular weight excluding hydrogens is 226 g/mol. The van der Waals surface area contributed by atoms with E-state index in [-0.39, 0.29) is 0 Å². The van der Waals surface area contributed by atoms with Crippen molar-refractivity contribution >= 4 is 17.0 Å². The molecule has 0 radical (unpaired) electrons. The van der Waals surface area contributed by atoms with Gasteiger partial charge in [0.05, 0.1) is 11.6 Å². The average Bonchev–Trinajstić information content (AvgIpc) is 2.35. The van der Waals surface area contributed by atoms with Crippen LogP contribution < -0.4 is 10.2 Å². The standard InChI is InChI=1S/C13H17N5/c1-2-7-18(10-8-14-9-10)13-15-11-5-3-4-6-12(11)16-17-13/h3-6,10,14H,2,7-9H2,1H3. The van der Waals surface area contributed by atoms with Gasteiger partial charge in [-0.1, -0.05) is 19.1 Å². The van der Waals surface area contributed by atoms with Crippen LogP contribution in [0.3, 0.4) is 0 Å². The van der Waals surface area contributed by atoms with Gasteiger partial charge in [0, 0.05) is 19.6 Å². The van der Waals surface area contributed by atoms with Crippen molar-refractivity contribution in [2.24, 2.45) is 0 Å². The normalized spacial score (nSPS) is 15.6. The molecule has 0 amide bonds. The molecule has 1 aliphatic rings. The number of fused-ring (bicyclic) bond motifs is 1. The molecule has 1 fully saturated rings. The van der Waals surface area contributed by atoms with E-state index in [4.69, 9.17) is 0 Å². The van der Waals surface area contributed by atoms with Crippen LogP contribution in [0.4, 0.5) is 5.95 Å². The van der Waals surface area contributed by atoms with Crippen LogP contribution in [0, 0.1) is 0 Å². The van der Waals surface area contributed by atoms with Gasteiger partial charge in [-0.05, 0) is 18.6 Å². The van der Waals surface area contributed by atoms with Gasteiger partial charge in [0.15, 0.2) is 0 Å². The van der Waals surface area contributed by atoms with Crippen molar-refractivity contribution < 1.29 is 0 Å². The first-order chi connectivity index (χ1) is 8.88. The molecule has 0 spiro atoms. The molecule has 2 heterocycles. The lowest BCUT2D eigenvalue weighted by atomic mass is 10.1. The van der Waals surface area contributed by atoms with Crippen molar-refractivity contribution in [1.29, 1.82) is 0 Å². The maximum atomic E-state index is 4.62. The van der Waals surface area contributed by atoms with E-state index < -0.39 is 0 Å². The first-order valence-corrected chi connectivity index (χ1v) is 6.45. The Labute approximate surface area is 106 Å². The fourth-order valence-corrected chi connectivity index (χ4v) is 2.17. The Morgan fingerprint density at radius 2 is 2.00 bits per heavy atom. The van der Waals surface area contributed by atoms with Crippen LogP contribution in [0.25, 0.3) is 11.0 Å². The van der Waals surface area contributed by atoms with E-state index >= 15 is 0 Å². The van der Waals surface area contributed by atoms with Crippen LogP contribution in [0.5, 0.6) is 0 Å². The molecule has 0 unspecified atom stereocenters. The fourth-order valence-electron chi connectivity index (χ4n) is 2.17. The topological polar surface area (TPSA) is 53.9 Å². The zero-order valence-corrected chi connectivity index (χ0v) is 10.5. The summed E-state index contributed by atoms with van der Waals surface area (Å²) >= 11 is 0. The second kappa shape index (κ2) is 4.86.